The van der Waals surface area contributed by atoms with Crippen LogP contribution in [0.5, 0.6) is 0 Å². The van der Waals surface area contributed by atoms with Crippen LogP contribution in [0.1, 0.15) is 26.7 Å². The van der Waals surface area contributed by atoms with Crippen molar-refractivity contribution in [3.05, 3.63) is 23.0 Å². The fourth-order valence-corrected chi connectivity index (χ4v) is 1.49. The van der Waals surface area contributed by atoms with Crippen molar-refractivity contribution in [3.63, 3.8) is 0 Å². The maximum atomic E-state index is 13.2. The van der Waals surface area contributed by atoms with Gasteiger partial charge in [-0.1, -0.05) is 13.8 Å². The van der Waals surface area contributed by atoms with Gasteiger partial charge in [0.15, 0.2) is 0 Å². The third-order valence-electron chi connectivity index (χ3n) is 2.33. The lowest BCUT2D eigenvalue weighted by Gasteiger charge is -2.20. The molecule has 0 aromatic carbocycles. The van der Waals surface area contributed by atoms with Crippen LogP contribution in [0.25, 0.3) is 0 Å². The molecule has 0 fully saturated rings. The van der Waals surface area contributed by atoms with Crippen molar-refractivity contribution < 1.29 is 17.6 Å². The maximum absolute atomic E-state index is 13.2. The molecule has 0 nitrogen and oxygen atoms in total. The summed E-state index contributed by atoms with van der Waals surface area (Å²) in [5.74, 6) is -0.736. The molecule has 0 aliphatic heterocycles. The predicted molar refractivity (Wildman–Crippen MR) is 46.3 cm³/mol. The average molecular weight is 208 g/mol. The van der Waals surface area contributed by atoms with E-state index in [1.165, 1.54) is 0 Å². The van der Waals surface area contributed by atoms with Crippen LogP contribution in [0.2, 0.25) is 0 Å². The summed E-state index contributed by atoms with van der Waals surface area (Å²) in [4.78, 5) is 0. The summed E-state index contributed by atoms with van der Waals surface area (Å²) in [7, 11) is 0. The summed E-state index contributed by atoms with van der Waals surface area (Å²) in [6.07, 6.45) is -3.70. The number of hydrogen-bond acceptors (Lipinski definition) is 0. The largest absolute Gasteiger partial charge is 0.412 e. The van der Waals surface area contributed by atoms with Gasteiger partial charge in [-0.3, -0.25) is 0 Å². The van der Waals surface area contributed by atoms with Gasteiger partial charge in [0.2, 0.25) is 0 Å². The lowest BCUT2D eigenvalue weighted by molar-refractivity contribution is -0.0944. The molecule has 0 bridgehead atoms. The van der Waals surface area contributed by atoms with Crippen LogP contribution in [0.4, 0.5) is 17.6 Å². The fraction of sp³-hybridized carbons (Fsp3) is 0.600. The molecule has 0 aromatic heterocycles. The minimum Gasteiger partial charge on any atom is -0.207 e. The number of halogens is 4. The van der Waals surface area contributed by atoms with Crippen molar-refractivity contribution in [3.8, 4) is 0 Å². The highest BCUT2D eigenvalue weighted by Gasteiger charge is 2.35. The first kappa shape index (κ1) is 11.3. The van der Waals surface area contributed by atoms with Crippen LogP contribution in [0, 0.1) is 5.92 Å². The molecular formula is C10H12F4. The zero-order valence-corrected chi connectivity index (χ0v) is 8.08. The molecule has 0 radical (unpaired) electrons. The Labute approximate surface area is 80.3 Å². The highest BCUT2D eigenvalue weighted by Crippen LogP contribution is 2.37. The fourth-order valence-electron chi connectivity index (χ4n) is 1.49. The molecule has 4 heteroatoms. The van der Waals surface area contributed by atoms with Gasteiger partial charge in [0.05, 0.1) is 0 Å². The van der Waals surface area contributed by atoms with E-state index in [0.717, 1.165) is 0 Å². The van der Waals surface area contributed by atoms with Gasteiger partial charge >= 0.3 is 6.18 Å². The topological polar surface area (TPSA) is 0 Å². The van der Waals surface area contributed by atoms with Gasteiger partial charge in [-0.2, -0.15) is 13.2 Å². The van der Waals surface area contributed by atoms with E-state index in [9.17, 15) is 17.6 Å². The first-order valence-corrected chi connectivity index (χ1v) is 4.48. The normalized spacial score (nSPS) is 18.9. The highest BCUT2D eigenvalue weighted by atomic mass is 19.4. The van der Waals surface area contributed by atoms with Crippen LogP contribution in [0.15, 0.2) is 23.0 Å². The summed E-state index contributed by atoms with van der Waals surface area (Å²) in [5.41, 5.74) is -0.280. The van der Waals surface area contributed by atoms with Crippen LogP contribution < -0.4 is 0 Å². The van der Waals surface area contributed by atoms with E-state index in [-0.39, 0.29) is 18.8 Å². The maximum Gasteiger partial charge on any atom is 0.412 e. The van der Waals surface area contributed by atoms with Crippen LogP contribution in [-0.2, 0) is 0 Å². The van der Waals surface area contributed by atoms with E-state index < -0.39 is 17.6 Å². The van der Waals surface area contributed by atoms with Gasteiger partial charge in [-0.05, 0) is 30.4 Å². The van der Waals surface area contributed by atoms with Gasteiger partial charge < -0.3 is 0 Å². The second kappa shape index (κ2) is 3.75. The van der Waals surface area contributed by atoms with Crippen LogP contribution in [0.3, 0.4) is 0 Å². The molecule has 0 heterocycles. The van der Waals surface area contributed by atoms with Crippen LogP contribution in [-0.4, -0.2) is 6.18 Å². The number of allylic oxidation sites excluding steroid dienone is 4. The number of alkyl halides is 3. The third kappa shape index (κ3) is 2.36. The molecular weight excluding hydrogens is 196 g/mol. The molecule has 80 valence electrons. The molecule has 1 rings (SSSR count). The Kier molecular flexibility index (Phi) is 3.02. The summed E-state index contributed by atoms with van der Waals surface area (Å²) in [5, 5.41) is 0. The highest BCUT2D eigenvalue weighted by molar-refractivity contribution is 5.32. The smallest absolute Gasteiger partial charge is 0.207 e. The summed E-state index contributed by atoms with van der Waals surface area (Å²) < 4.78 is 49.7. The van der Waals surface area contributed by atoms with Gasteiger partial charge in [0.25, 0.3) is 0 Å². The molecule has 0 N–H and O–H groups in total. The van der Waals surface area contributed by atoms with Crippen molar-refractivity contribution in [2.75, 3.05) is 0 Å². The summed E-state index contributed by atoms with van der Waals surface area (Å²) in [6.45, 7) is 3.56. The van der Waals surface area contributed by atoms with E-state index in [2.05, 4.69) is 0 Å². The Bertz CT molecular complexity index is 281. The zero-order chi connectivity index (χ0) is 10.9. The Morgan fingerprint density at radius 2 is 1.79 bits per heavy atom. The SMILES string of the molecule is CC(C)C1=C(F)C=C(C(F)(F)F)CC1. The predicted octanol–water partition coefficient (Wildman–Crippen LogP) is 4.15. The van der Waals surface area contributed by atoms with Crippen molar-refractivity contribution in [2.45, 2.75) is 32.9 Å². The second-order valence-electron chi connectivity index (χ2n) is 3.70. The molecule has 0 amide bonds. The molecule has 0 unspecified atom stereocenters. The number of rotatable bonds is 1. The average Bonchev–Trinajstić information content (AvgIpc) is 2.01. The minimum absolute atomic E-state index is 0.0268. The molecule has 0 saturated carbocycles. The van der Waals surface area contributed by atoms with E-state index in [1.54, 1.807) is 13.8 Å². The minimum atomic E-state index is -4.39. The molecule has 1 aliphatic rings. The summed E-state index contributed by atoms with van der Waals surface area (Å²) >= 11 is 0. The van der Waals surface area contributed by atoms with Crippen LogP contribution >= 0.6 is 0 Å². The molecule has 0 atom stereocenters. The van der Waals surface area contributed by atoms with Gasteiger partial charge in [0, 0.05) is 5.57 Å². The Morgan fingerprint density at radius 3 is 2.14 bits per heavy atom. The van der Waals surface area contributed by atoms with Gasteiger partial charge in [-0.25, -0.2) is 4.39 Å². The number of hydrogen-bond donors (Lipinski definition) is 0. The molecule has 14 heavy (non-hydrogen) atoms. The van der Waals surface area contributed by atoms with Gasteiger partial charge in [0.1, 0.15) is 5.83 Å². The quantitative estimate of drug-likeness (QED) is 0.568. The van der Waals surface area contributed by atoms with Gasteiger partial charge in [-0.15, -0.1) is 0 Å². The first-order valence-electron chi connectivity index (χ1n) is 4.48. The third-order valence-corrected chi connectivity index (χ3v) is 2.33. The van der Waals surface area contributed by atoms with E-state index >= 15 is 0 Å². The van der Waals surface area contributed by atoms with Crippen molar-refractivity contribution in [1.82, 2.24) is 0 Å². The first-order chi connectivity index (χ1) is 6.32. The molecule has 0 saturated heterocycles. The molecule has 1 aliphatic carbocycles. The lowest BCUT2D eigenvalue weighted by atomic mass is 9.90. The zero-order valence-electron chi connectivity index (χ0n) is 8.08. The Morgan fingerprint density at radius 1 is 1.21 bits per heavy atom. The Hall–Kier alpha value is -0.800. The lowest BCUT2D eigenvalue weighted by Crippen LogP contribution is -2.15. The van der Waals surface area contributed by atoms with E-state index in [1.807, 2.05) is 0 Å². The monoisotopic (exact) mass is 208 g/mol. The molecule has 0 aromatic rings. The van der Waals surface area contributed by atoms with Crippen molar-refractivity contribution in [2.24, 2.45) is 5.92 Å². The second-order valence-corrected chi connectivity index (χ2v) is 3.70. The summed E-state index contributed by atoms with van der Waals surface area (Å²) in [6, 6.07) is 0. The standard InChI is InChI=1S/C10H12F4/c1-6(2)8-4-3-7(5-9(8)11)10(12,13)14/h5-6H,3-4H2,1-2H3. The van der Waals surface area contributed by atoms with Crippen molar-refractivity contribution >= 4 is 0 Å². The van der Waals surface area contributed by atoms with Crippen molar-refractivity contribution in [1.29, 1.82) is 0 Å². The van der Waals surface area contributed by atoms with E-state index in [4.69, 9.17) is 0 Å². The Balaban J connectivity index is 2.96. The molecule has 0 spiro atoms. The van der Waals surface area contributed by atoms with E-state index in [0.29, 0.717) is 11.6 Å².